The summed E-state index contributed by atoms with van der Waals surface area (Å²) in [7, 11) is 2.28. The summed E-state index contributed by atoms with van der Waals surface area (Å²) < 4.78 is 0. The molecule has 0 aromatic rings. The molecule has 110 valence electrons. The van der Waals surface area contributed by atoms with Gasteiger partial charge in [-0.05, 0) is 44.2 Å². The summed E-state index contributed by atoms with van der Waals surface area (Å²) in [6.45, 7) is 19.6. The molecular formula is C16H36N2. The fourth-order valence-corrected chi connectivity index (χ4v) is 2.50. The van der Waals surface area contributed by atoms with E-state index < -0.39 is 0 Å². The summed E-state index contributed by atoms with van der Waals surface area (Å²) in [6.07, 6.45) is 2.50. The summed E-state index contributed by atoms with van der Waals surface area (Å²) >= 11 is 0. The van der Waals surface area contributed by atoms with Crippen LogP contribution in [0.4, 0.5) is 0 Å². The van der Waals surface area contributed by atoms with Gasteiger partial charge in [-0.1, -0.05) is 41.5 Å². The monoisotopic (exact) mass is 256 g/mol. The lowest BCUT2D eigenvalue weighted by Crippen LogP contribution is -2.48. The van der Waals surface area contributed by atoms with Crippen LogP contribution >= 0.6 is 0 Å². The molecule has 0 fully saturated rings. The van der Waals surface area contributed by atoms with Gasteiger partial charge >= 0.3 is 0 Å². The van der Waals surface area contributed by atoms with Gasteiger partial charge in [0.25, 0.3) is 0 Å². The zero-order valence-corrected chi connectivity index (χ0v) is 14.1. The number of rotatable bonds is 8. The second kappa shape index (κ2) is 7.49. The van der Waals surface area contributed by atoms with Crippen LogP contribution in [-0.4, -0.2) is 37.6 Å². The highest BCUT2D eigenvalue weighted by atomic mass is 15.1. The van der Waals surface area contributed by atoms with E-state index >= 15 is 0 Å². The summed E-state index contributed by atoms with van der Waals surface area (Å²) in [5.74, 6) is 0. The Balaban J connectivity index is 4.67. The van der Waals surface area contributed by atoms with Gasteiger partial charge in [0.05, 0.1) is 0 Å². The number of nitrogens with one attached hydrogen (secondary N) is 1. The molecule has 0 aliphatic rings. The SMILES string of the molecule is CCNCC(CC)(CC)CN(C)C(C)C(C)(C)C. The van der Waals surface area contributed by atoms with Crippen LogP contribution in [0.2, 0.25) is 0 Å². The standard InChI is InChI=1S/C16H36N2/c1-9-16(10-2,12-17-11-3)13-18(8)14(4)15(5,6)7/h14,17H,9-13H2,1-8H3. The maximum atomic E-state index is 3.55. The molecule has 0 bridgehead atoms. The molecule has 0 rings (SSSR count). The number of nitrogens with zero attached hydrogens (tertiary/aromatic N) is 1. The van der Waals surface area contributed by atoms with Crippen LogP contribution in [-0.2, 0) is 0 Å². The molecule has 0 saturated heterocycles. The maximum absolute atomic E-state index is 3.55. The normalized spacial score (nSPS) is 15.2. The van der Waals surface area contributed by atoms with Crippen molar-refractivity contribution in [1.29, 1.82) is 0 Å². The summed E-state index contributed by atoms with van der Waals surface area (Å²) in [6, 6.07) is 0.608. The molecule has 1 unspecified atom stereocenters. The highest BCUT2D eigenvalue weighted by Gasteiger charge is 2.31. The Labute approximate surface area is 116 Å². The Hall–Kier alpha value is -0.0800. The molecular weight excluding hydrogens is 220 g/mol. The summed E-state index contributed by atoms with van der Waals surface area (Å²) in [5.41, 5.74) is 0.768. The second-order valence-corrected chi connectivity index (χ2v) is 6.94. The van der Waals surface area contributed by atoms with Crippen LogP contribution < -0.4 is 5.32 Å². The molecule has 2 heteroatoms. The zero-order valence-electron chi connectivity index (χ0n) is 14.1. The van der Waals surface area contributed by atoms with Crippen molar-refractivity contribution in [2.24, 2.45) is 10.8 Å². The summed E-state index contributed by atoms with van der Waals surface area (Å²) in [4.78, 5) is 2.55. The van der Waals surface area contributed by atoms with Crippen LogP contribution in [0, 0.1) is 10.8 Å². The fourth-order valence-electron chi connectivity index (χ4n) is 2.50. The lowest BCUT2D eigenvalue weighted by atomic mass is 9.79. The average molecular weight is 256 g/mol. The van der Waals surface area contributed by atoms with Gasteiger partial charge in [0, 0.05) is 19.1 Å². The van der Waals surface area contributed by atoms with Crippen molar-refractivity contribution in [3.05, 3.63) is 0 Å². The van der Waals surface area contributed by atoms with Crippen molar-refractivity contribution in [1.82, 2.24) is 10.2 Å². The van der Waals surface area contributed by atoms with Crippen molar-refractivity contribution in [3.8, 4) is 0 Å². The molecule has 0 spiro atoms. The first-order valence-corrected chi connectivity index (χ1v) is 7.63. The van der Waals surface area contributed by atoms with E-state index in [0.717, 1.165) is 13.1 Å². The quantitative estimate of drug-likeness (QED) is 0.711. The van der Waals surface area contributed by atoms with E-state index in [4.69, 9.17) is 0 Å². The predicted octanol–water partition coefficient (Wildman–Crippen LogP) is 3.77. The van der Waals surface area contributed by atoms with E-state index in [1.807, 2.05) is 0 Å². The largest absolute Gasteiger partial charge is 0.316 e. The summed E-state index contributed by atoms with van der Waals surface area (Å²) in [5, 5.41) is 3.55. The molecule has 0 aliphatic heterocycles. The molecule has 0 amide bonds. The molecule has 0 aromatic carbocycles. The van der Waals surface area contributed by atoms with E-state index in [9.17, 15) is 0 Å². The minimum atomic E-state index is 0.347. The van der Waals surface area contributed by atoms with Gasteiger partial charge in [0.15, 0.2) is 0 Å². The molecule has 2 nitrogen and oxygen atoms in total. The topological polar surface area (TPSA) is 15.3 Å². The lowest BCUT2D eigenvalue weighted by molar-refractivity contribution is 0.0777. The third-order valence-corrected chi connectivity index (χ3v) is 4.75. The van der Waals surface area contributed by atoms with Crippen molar-refractivity contribution >= 4 is 0 Å². The molecule has 0 saturated carbocycles. The first-order valence-electron chi connectivity index (χ1n) is 7.63. The van der Waals surface area contributed by atoms with Gasteiger partial charge in [-0.25, -0.2) is 0 Å². The van der Waals surface area contributed by atoms with Crippen LogP contribution in [0.3, 0.4) is 0 Å². The van der Waals surface area contributed by atoms with E-state index in [1.54, 1.807) is 0 Å². The van der Waals surface area contributed by atoms with Crippen molar-refractivity contribution < 1.29 is 0 Å². The molecule has 0 aliphatic carbocycles. The van der Waals surface area contributed by atoms with E-state index in [-0.39, 0.29) is 0 Å². The fraction of sp³-hybridized carbons (Fsp3) is 1.00. The zero-order chi connectivity index (χ0) is 14.4. The van der Waals surface area contributed by atoms with Gasteiger partial charge < -0.3 is 10.2 Å². The molecule has 1 N–H and O–H groups in total. The van der Waals surface area contributed by atoms with Crippen molar-refractivity contribution in [2.45, 2.75) is 67.3 Å². The Bertz CT molecular complexity index is 214. The number of hydrogen-bond acceptors (Lipinski definition) is 2. The van der Waals surface area contributed by atoms with Gasteiger partial charge in [-0.2, -0.15) is 0 Å². The molecule has 18 heavy (non-hydrogen) atoms. The minimum Gasteiger partial charge on any atom is -0.316 e. The van der Waals surface area contributed by atoms with Crippen LogP contribution in [0.25, 0.3) is 0 Å². The highest BCUT2D eigenvalue weighted by Crippen LogP contribution is 2.30. The minimum absolute atomic E-state index is 0.347. The molecule has 0 heterocycles. The first kappa shape index (κ1) is 17.9. The third-order valence-electron chi connectivity index (χ3n) is 4.75. The van der Waals surface area contributed by atoms with Crippen molar-refractivity contribution in [3.63, 3.8) is 0 Å². The Morgan fingerprint density at radius 3 is 1.89 bits per heavy atom. The van der Waals surface area contributed by atoms with Gasteiger partial charge in [0.1, 0.15) is 0 Å². The Morgan fingerprint density at radius 1 is 1.06 bits per heavy atom. The van der Waals surface area contributed by atoms with Gasteiger partial charge in [-0.15, -0.1) is 0 Å². The molecule has 1 atom stereocenters. The van der Waals surface area contributed by atoms with E-state index in [1.165, 1.54) is 19.4 Å². The van der Waals surface area contributed by atoms with Crippen LogP contribution in [0.1, 0.15) is 61.3 Å². The van der Waals surface area contributed by atoms with Crippen molar-refractivity contribution in [2.75, 3.05) is 26.7 Å². The predicted molar refractivity (Wildman–Crippen MR) is 83.1 cm³/mol. The average Bonchev–Trinajstić information content (AvgIpc) is 2.32. The number of hydrogen-bond donors (Lipinski definition) is 1. The molecule has 0 aromatic heterocycles. The second-order valence-electron chi connectivity index (χ2n) is 6.94. The third kappa shape index (κ3) is 5.27. The van der Waals surface area contributed by atoms with Crippen LogP contribution in [0.5, 0.6) is 0 Å². The van der Waals surface area contributed by atoms with Crippen LogP contribution in [0.15, 0.2) is 0 Å². The first-order chi connectivity index (χ1) is 8.22. The Morgan fingerprint density at radius 2 is 1.56 bits per heavy atom. The van der Waals surface area contributed by atoms with E-state index in [2.05, 4.69) is 65.7 Å². The highest BCUT2D eigenvalue weighted by molar-refractivity contribution is 4.86. The maximum Gasteiger partial charge on any atom is 0.0113 e. The molecule has 0 radical (unpaired) electrons. The Kier molecular flexibility index (Phi) is 7.46. The lowest BCUT2D eigenvalue weighted by Gasteiger charge is -2.42. The smallest absolute Gasteiger partial charge is 0.0113 e. The van der Waals surface area contributed by atoms with E-state index in [0.29, 0.717) is 16.9 Å². The van der Waals surface area contributed by atoms with Gasteiger partial charge in [-0.3, -0.25) is 0 Å². The van der Waals surface area contributed by atoms with Gasteiger partial charge in [0.2, 0.25) is 0 Å².